The van der Waals surface area contributed by atoms with E-state index in [4.69, 9.17) is 16.6 Å². The third kappa shape index (κ3) is 2.90. The molecule has 2 amide bonds. The van der Waals surface area contributed by atoms with Crippen LogP contribution < -0.4 is 11.5 Å². The normalized spacial score (nSPS) is 33.0. The molecular weight excluding hydrogens is 310 g/mol. The van der Waals surface area contributed by atoms with Gasteiger partial charge in [0.15, 0.2) is 0 Å². The summed E-state index contributed by atoms with van der Waals surface area (Å²) in [5.74, 6) is -1.77. The number of carbonyl (C=O) groups excluding carboxylic acids is 2. The zero-order valence-corrected chi connectivity index (χ0v) is 14.9. The number of hydrogen-bond donors (Lipinski definition) is 3. The van der Waals surface area contributed by atoms with Crippen molar-refractivity contribution in [1.29, 1.82) is 0 Å². The molecule has 136 valence electrons. The van der Waals surface area contributed by atoms with Crippen LogP contribution in [0.4, 0.5) is 0 Å². The van der Waals surface area contributed by atoms with Gasteiger partial charge < -0.3 is 21.5 Å². The molecule has 2 aliphatic carbocycles. The van der Waals surface area contributed by atoms with Gasteiger partial charge in [-0.25, -0.2) is 0 Å². The number of hydrogen-bond acceptors (Lipinski definition) is 4. The molecule has 2 saturated carbocycles. The maximum Gasteiger partial charge on any atom is 0.305 e. The van der Waals surface area contributed by atoms with Crippen molar-refractivity contribution in [3.63, 3.8) is 0 Å². The molecule has 5 atom stereocenters. The summed E-state index contributed by atoms with van der Waals surface area (Å²) in [4.78, 5) is 37.2. The predicted molar refractivity (Wildman–Crippen MR) is 88.7 cm³/mol. The molecule has 0 radical (unpaired) electrons. The van der Waals surface area contributed by atoms with Gasteiger partial charge in [-0.15, -0.1) is 0 Å². The second-order valence-electron chi connectivity index (χ2n) is 8.35. The fourth-order valence-corrected chi connectivity index (χ4v) is 5.12. The monoisotopic (exact) mass is 339 g/mol. The summed E-state index contributed by atoms with van der Waals surface area (Å²) < 4.78 is 0. The van der Waals surface area contributed by atoms with Crippen molar-refractivity contribution in [3.8, 4) is 0 Å². The van der Waals surface area contributed by atoms with Crippen molar-refractivity contribution in [2.24, 2.45) is 28.2 Å². The molecule has 2 aliphatic rings. The van der Waals surface area contributed by atoms with Crippen molar-refractivity contribution in [3.05, 3.63) is 0 Å². The lowest BCUT2D eigenvalue weighted by molar-refractivity contribution is -0.152. The van der Waals surface area contributed by atoms with Crippen LogP contribution in [0.15, 0.2) is 0 Å². The lowest BCUT2D eigenvalue weighted by Crippen LogP contribution is -2.63. The molecule has 0 aliphatic heterocycles. The van der Waals surface area contributed by atoms with Gasteiger partial charge in [-0.05, 0) is 42.9 Å². The maximum absolute atomic E-state index is 12.9. The van der Waals surface area contributed by atoms with Gasteiger partial charge in [0, 0.05) is 6.04 Å². The molecule has 2 rings (SSSR count). The summed E-state index contributed by atoms with van der Waals surface area (Å²) in [6.07, 6.45) is 2.62. The minimum atomic E-state index is -1.18. The number of nitrogens with zero attached hydrogens (tertiary/aromatic N) is 1. The Balaban J connectivity index is 2.42. The van der Waals surface area contributed by atoms with Gasteiger partial charge in [-0.1, -0.05) is 20.8 Å². The van der Waals surface area contributed by atoms with E-state index in [1.165, 1.54) is 4.90 Å². The van der Waals surface area contributed by atoms with Gasteiger partial charge in [0.1, 0.15) is 6.04 Å². The first kappa shape index (κ1) is 18.7. The van der Waals surface area contributed by atoms with E-state index in [0.29, 0.717) is 5.92 Å². The van der Waals surface area contributed by atoms with Crippen molar-refractivity contribution in [1.82, 2.24) is 4.90 Å². The first-order valence-electron chi connectivity index (χ1n) is 8.50. The maximum atomic E-state index is 12.9. The van der Waals surface area contributed by atoms with Crippen molar-refractivity contribution in [2.45, 2.75) is 71.5 Å². The molecule has 0 aromatic heterocycles. The Hall–Kier alpha value is -1.63. The summed E-state index contributed by atoms with van der Waals surface area (Å²) in [5, 5.41) is 8.94. The Bertz CT molecular complexity index is 557. The van der Waals surface area contributed by atoms with Crippen LogP contribution in [0.5, 0.6) is 0 Å². The van der Waals surface area contributed by atoms with E-state index in [1.54, 1.807) is 6.92 Å². The van der Waals surface area contributed by atoms with Crippen molar-refractivity contribution >= 4 is 17.8 Å². The van der Waals surface area contributed by atoms with Gasteiger partial charge in [0.05, 0.1) is 12.5 Å². The zero-order chi connectivity index (χ0) is 18.4. The van der Waals surface area contributed by atoms with E-state index in [9.17, 15) is 14.4 Å². The minimum Gasteiger partial charge on any atom is -0.481 e. The molecular formula is C17H29N3O4. The Morgan fingerprint density at radius 1 is 1.29 bits per heavy atom. The fraction of sp³-hybridized carbons (Fsp3) is 0.824. The van der Waals surface area contributed by atoms with Crippen LogP contribution >= 0.6 is 0 Å². The van der Waals surface area contributed by atoms with E-state index < -0.39 is 36.3 Å². The Kier molecular flexibility index (Phi) is 4.69. The van der Waals surface area contributed by atoms with Crippen molar-refractivity contribution in [2.75, 3.05) is 0 Å². The second kappa shape index (κ2) is 6.02. The molecule has 0 saturated heterocycles. The molecule has 5 N–H and O–H groups in total. The highest BCUT2D eigenvalue weighted by molar-refractivity contribution is 5.91. The van der Waals surface area contributed by atoms with Gasteiger partial charge in [-0.3, -0.25) is 14.4 Å². The van der Waals surface area contributed by atoms with Crippen LogP contribution in [0.1, 0.15) is 53.4 Å². The molecule has 0 aromatic carbocycles. The van der Waals surface area contributed by atoms with Gasteiger partial charge in [0.25, 0.3) is 0 Å². The summed E-state index contributed by atoms with van der Waals surface area (Å²) >= 11 is 0. The van der Waals surface area contributed by atoms with Crippen LogP contribution in [-0.4, -0.2) is 45.9 Å². The van der Waals surface area contributed by atoms with E-state index in [2.05, 4.69) is 20.8 Å². The highest BCUT2D eigenvalue weighted by Crippen LogP contribution is 2.64. The predicted octanol–water partition coefficient (Wildman–Crippen LogP) is 0.706. The highest BCUT2D eigenvalue weighted by atomic mass is 16.4. The summed E-state index contributed by atoms with van der Waals surface area (Å²) in [6.45, 7) is 7.97. The summed E-state index contributed by atoms with van der Waals surface area (Å²) in [6, 6.07) is -2.18. The van der Waals surface area contributed by atoms with Crippen LogP contribution in [0.25, 0.3) is 0 Å². The SMILES string of the molecule is C[C@@H](C(N)=O)N(C(=O)[C@@H](N)CC(=O)O)C1C2(C)CCC(C2)C1(C)C. The van der Waals surface area contributed by atoms with Crippen LogP contribution in [0, 0.1) is 16.7 Å². The van der Waals surface area contributed by atoms with Crippen LogP contribution in [0.2, 0.25) is 0 Å². The number of rotatable bonds is 6. The largest absolute Gasteiger partial charge is 0.481 e. The van der Waals surface area contributed by atoms with Gasteiger partial charge in [0.2, 0.25) is 11.8 Å². The number of primary amides is 1. The third-order valence-electron chi connectivity index (χ3n) is 6.27. The smallest absolute Gasteiger partial charge is 0.305 e. The average Bonchev–Trinajstić information content (AvgIpc) is 2.92. The quantitative estimate of drug-likeness (QED) is 0.656. The van der Waals surface area contributed by atoms with E-state index in [1.807, 2.05) is 0 Å². The number of carbonyl (C=O) groups is 3. The molecule has 0 spiro atoms. The van der Waals surface area contributed by atoms with Gasteiger partial charge in [-0.2, -0.15) is 0 Å². The van der Waals surface area contributed by atoms with Crippen LogP contribution in [0.3, 0.4) is 0 Å². The number of fused-ring (bicyclic) bond motifs is 2. The first-order valence-corrected chi connectivity index (χ1v) is 8.50. The van der Waals surface area contributed by atoms with Gasteiger partial charge >= 0.3 is 5.97 Å². The van der Waals surface area contributed by atoms with E-state index in [-0.39, 0.29) is 16.9 Å². The minimum absolute atomic E-state index is 0.101. The molecule has 7 nitrogen and oxygen atoms in total. The van der Waals surface area contributed by atoms with Crippen LogP contribution in [-0.2, 0) is 14.4 Å². The molecule has 2 fully saturated rings. The average molecular weight is 339 g/mol. The lowest BCUT2D eigenvalue weighted by atomic mass is 9.67. The Morgan fingerprint density at radius 2 is 1.88 bits per heavy atom. The molecule has 0 aromatic rings. The highest BCUT2D eigenvalue weighted by Gasteiger charge is 2.63. The Morgan fingerprint density at radius 3 is 2.29 bits per heavy atom. The number of nitrogens with two attached hydrogens (primary N) is 2. The van der Waals surface area contributed by atoms with E-state index >= 15 is 0 Å². The fourth-order valence-electron chi connectivity index (χ4n) is 5.12. The second-order valence-corrected chi connectivity index (χ2v) is 8.35. The van der Waals surface area contributed by atoms with Crippen molar-refractivity contribution < 1.29 is 19.5 Å². The lowest BCUT2D eigenvalue weighted by Gasteiger charge is -2.50. The summed E-state index contributed by atoms with van der Waals surface area (Å²) in [5.41, 5.74) is 11.0. The van der Waals surface area contributed by atoms with E-state index in [0.717, 1.165) is 19.3 Å². The molecule has 3 unspecified atom stereocenters. The summed E-state index contributed by atoms with van der Waals surface area (Å²) in [7, 11) is 0. The third-order valence-corrected chi connectivity index (χ3v) is 6.27. The zero-order valence-electron chi connectivity index (χ0n) is 14.9. The standard InChI is InChI=1S/C17H29N3O4/c1-9(13(19)23)20(14(24)11(18)7-12(21)22)15-16(2,3)10-5-6-17(15,4)8-10/h9-11,15H,5-8,18H2,1-4H3,(H2,19,23)(H,21,22)/t9-,10?,11-,15?,17?/m0/s1. The number of carboxylic acid groups (broad SMARTS) is 1. The Labute approximate surface area is 142 Å². The topological polar surface area (TPSA) is 127 Å². The molecule has 2 bridgehead atoms. The first-order chi connectivity index (χ1) is 10.9. The number of amides is 2. The number of carboxylic acids is 1. The molecule has 24 heavy (non-hydrogen) atoms. The molecule has 0 heterocycles. The molecule has 7 heteroatoms. The number of aliphatic carboxylic acids is 1.